The van der Waals surface area contributed by atoms with Gasteiger partial charge in [0.15, 0.2) is 0 Å². The minimum atomic E-state index is -0.912. The number of aryl methyl sites for hydroxylation is 1. The van der Waals surface area contributed by atoms with Gasteiger partial charge in [0.05, 0.1) is 16.8 Å². The zero-order chi connectivity index (χ0) is 10.8. The normalized spacial score (nSPS) is 10.2. The molecule has 0 aliphatic heterocycles. The van der Waals surface area contributed by atoms with Gasteiger partial charge in [-0.05, 0) is 19.1 Å². The van der Waals surface area contributed by atoms with Crippen molar-refractivity contribution in [3.63, 3.8) is 0 Å². The SMILES string of the molecule is Cc1scnc1-c1cccc(C(=O)O)c1. The number of carboxylic acids is 1. The molecule has 76 valence electrons. The number of rotatable bonds is 2. The van der Waals surface area contributed by atoms with Crippen molar-refractivity contribution < 1.29 is 9.90 Å². The molecule has 0 fully saturated rings. The Kier molecular flexibility index (Phi) is 2.51. The summed E-state index contributed by atoms with van der Waals surface area (Å²) in [5.41, 5.74) is 3.77. The molecule has 0 radical (unpaired) electrons. The van der Waals surface area contributed by atoms with Crippen molar-refractivity contribution in [2.45, 2.75) is 6.92 Å². The molecule has 0 amide bonds. The lowest BCUT2D eigenvalue weighted by Gasteiger charge is -2.00. The third-order valence-corrected chi connectivity index (χ3v) is 2.89. The van der Waals surface area contributed by atoms with Crippen LogP contribution in [0.1, 0.15) is 15.2 Å². The van der Waals surface area contributed by atoms with E-state index in [0.717, 1.165) is 16.1 Å². The molecule has 3 nitrogen and oxygen atoms in total. The fraction of sp³-hybridized carbons (Fsp3) is 0.0909. The number of thiazole rings is 1. The first kappa shape index (κ1) is 9.86. The van der Waals surface area contributed by atoms with E-state index in [0.29, 0.717) is 5.56 Å². The van der Waals surface area contributed by atoms with Gasteiger partial charge in [-0.1, -0.05) is 12.1 Å². The van der Waals surface area contributed by atoms with Crippen molar-refractivity contribution in [2.24, 2.45) is 0 Å². The number of hydrogen-bond donors (Lipinski definition) is 1. The van der Waals surface area contributed by atoms with E-state index in [-0.39, 0.29) is 0 Å². The van der Waals surface area contributed by atoms with Crippen LogP contribution in [0.2, 0.25) is 0 Å². The molecule has 0 unspecified atom stereocenters. The molecule has 2 rings (SSSR count). The first-order valence-electron chi connectivity index (χ1n) is 4.42. The number of benzene rings is 1. The van der Waals surface area contributed by atoms with Crippen LogP contribution in [0.3, 0.4) is 0 Å². The van der Waals surface area contributed by atoms with Crippen molar-refractivity contribution in [3.05, 3.63) is 40.2 Å². The van der Waals surface area contributed by atoms with Crippen LogP contribution < -0.4 is 0 Å². The molecule has 1 aromatic carbocycles. The maximum Gasteiger partial charge on any atom is 0.335 e. The van der Waals surface area contributed by atoms with Crippen LogP contribution in [0.15, 0.2) is 29.8 Å². The van der Waals surface area contributed by atoms with Gasteiger partial charge >= 0.3 is 5.97 Å². The fourth-order valence-electron chi connectivity index (χ4n) is 1.38. The second kappa shape index (κ2) is 3.82. The van der Waals surface area contributed by atoms with E-state index in [1.54, 1.807) is 35.0 Å². The van der Waals surface area contributed by atoms with Gasteiger partial charge in [0.25, 0.3) is 0 Å². The van der Waals surface area contributed by atoms with Crippen LogP contribution in [0, 0.1) is 6.92 Å². The molecule has 0 aliphatic rings. The molecular weight excluding hydrogens is 210 g/mol. The summed E-state index contributed by atoms with van der Waals surface area (Å²) in [6.07, 6.45) is 0. The van der Waals surface area contributed by atoms with E-state index >= 15 is 0 Å². The van der Waals surface area contributed by atoms with Gasteiger partial charge in [0.1, 0.15) is 0 Å². The molecule has 2 aromatic rings. The van der Waals surface area contributed by atoms with Crippen molar-refractivity contribution in [3.8, 4) is 11.3 Å². The zero-order valence-electron chi connectivity index (χ0n) is 8.10. The summed E-state index contributed by atoms with van der Waals surface area (Å²) < 4.78 is 0. The van der Waals surface area contributed by atoms with Gasteiger partial charge < -0.3 is 5.11 Å². The van der Waals surface area contributed by atoms with Crippen molar-refractivity contribution >= 4 is 17.3 Å². The topological polar surface area (TPSA) is 50.2 Å². The quantitative estimate of drug-likeness (QED) is 0.844. The van der Waals surface area contributed by atoms with Gasteiger partial charge in [-0.25, -0.2) is 9.78 Å². The number of hydrogen-bond acceptors (Lipinski definition) is 3. The minimum Gasteiger partial charge on any atom is -0.478 e. The average Bonchev–Trinajstić information content (AvgIpc) is 2.64. The van der Waals surface area contributed by atoms with Crippen molar-refractivity contribution in [1.29, 1.82) is 0 Å². The molecule has 1 aromatic heterocycles. The first-order chi connectivity index (χ1) is 7.18. The van der Waals surface area contributed by atoms with E-state index in [9.17, 15) is 4.79 Å². The summed E-state index contributed by atoms with van der Waals surface area (Å²) >= 11 is 1.55. The zero-order valence-corrected chi connectivity index (χ0v) is 8.91. The number of aromatic carboxylic acids is 1. The summed E-state index contributed by atoms with van der Waals surface area (Å²) in [5.74, 6) is -0.912. The van der Waals surface area contributed by atoms with E-state index in [4.69, 9.17) is 5.11 Å². The van der Waals surface area contributed by atoms with Crippen LogP contribution in [0.25, 0.3) is 11.3 Å². The fourth-order valence-corrected chi connectivity index (χ4v) is 1.98. The lowest BCUT2D eigenvalue weighted by atomic mass is 10.1. The number of aromatic nitrogens is 1. The monoisotopic (exact) mass is 219 g/mol. The molecule has 0 spiro atoms. The van der Waals surface area contributed by atoms with Gasteiger partial charge in [-0.2, -0.15) is 0 Å². The van der Waals surface area contributed by atoms with Gasteiger partial charge in [-0.15, -0.1) is 11.3 Å². The third kappa shape index (κ3) is 1.89. The molecule has 0 atom stereocenters. The van der Waals surface area contributed by atoms with Gasteiger partial charge in [0, 0.05) is 10.4 Å². The highest BCUT2D eigenvalue weighted by Crippen LogP contribution is 2.24. The Morgan fingerprint density at radius 2 is 2.27 bits per heavy atom. The van der Waals surface area contributed by atoms with E-state index in [1.165, 1.54) is 0 Å². The largest absolute Gasteiger partial charge is 0.478 e. The highest BCUT2D eigenvalue weighted by molar-refractivity contribution is 7.10. The third-order valence-electron chi connectivity index (χ3n) is 2.13. The summed E-state index contributed by atoms with van der Waals surface area (Å²) in [7, 11) is 0. The van der Waals surface area contributed by atoms with Crippen LogP contribution in [-0.2, 0) is 0 Å². The van der Waals surface area contributed by atoms with E-state index in [2.05, 4.69) is 4.98 Å². The molecule has 1 N–H and O–H groups in total. The van der Waals surface area contributed by atoms with Crippen LogP contribution >= 0.6 is 11.3 Å². The van der Waals surface area contributed by atoms with Gasteiger partial charge in [-0.3, -0.25) is 0 Å². The predicted octanol–water partition coefficient (Wildman–Crippen LogP) is 2.82. The summed E-state index contributed by atoms with van der Waals surface area (Å²) in [4.78, 5) is 16.1. The Morgan fingerprint density at radius 1 is 1.47 bits per heavy atom. The van der Waals surface area contributed by atoms with Crippen molar-refractivity contribution in [2.75, 3.05) is 0 Å². The Hall–Kier alpha value is -1.68. The smallest absolute Gasteiger partial charge is 0.335 e. The predicted molar refractivity (Wildman–Crippen MR) is 59.2 cm³/mol. The van der Waals surface area contributed by atoms with Crippen molar-refractivity contribution in [1.82, 2.24) is 4.98 Å². The Balaban J connectivity index is 2.50. The van der Waals surface area contributed by atoms with E-state index < -0.39 is 5.97 Å². The molecule has 0 bridgehead atoms. The van der Waals surface area contributed by atoms with Crippen LogP contribution in [0.4, 0.5) is 0 Å². The molecule has 0 saturated carbocycles. The van der Waals surface area contributed by atoms with E-state index in [1.807, 2.05) is 13.0 Å². The second-order valence-electron chi connectivity index (χ2n) is 3.14. The Bertz CT molecular complexity index is 505. The molecule has 4 heteroatoms. The number of carboxylic acid groups (broad SMARTS) is 1. The van der Waals surface area contributed by atoms with Crippen LogP contribution in [-0.4, -0.2) is 16.1 Å². The molecule has 0 aliphatic carbocycles. The molecular formula is C11H9NO2S. The Labute approximate surface area is 91.0 Å². The summed E-state index contributed by atoms with van der Waals surface area (Å²) in [6.45, 7) is 1.97. The summed E-state index contributed by atoms with van der Waals surface area (Å²) in [5, 5.41) is 8.86. The molecule has 0 saturated heterocycles. The second-order valence-corrected chi connectivity index (χ2v) is 4.20. The summed E-state index contributed by atoms with van der Waals surface area (Å²) in [6, 6.07) is 6.82. The Morgan fingerprint density at radius 3 is 2.87 bits per heavy atom. The standard InChI is InChI=1S/C11H9NO2S/c1-7-10(12-6-15-7)8-3-2-4-9(5-8)11(13)14/h2-6H,1H3,(H,13,14). The molecule has 1 heterocycles. The number of nitrogens with zero attached hydrogens (tertiary/aromatic N) is 1. The minimum absolute atomic E-state index is 0.292. The highest BCUT2D eigenvalue weighted by atomic mass is 32.1. The van der Waals surface area contributed by atoms with Crippen LogP contribution in [0.5, 0.6) is 0 Å². The maximum absolute atomic E-state index is 10.8. The lowest BCUT2D eigenvalue weighted by molar-refractivity contribution is 0.0697. The highest BCUT2D eigenvalue weighted by Gasteiger charge is 2.08. The average molecular weight is 219 g/mol. The molecule has 15 heavy (non-hydrogen) atoms. The number of carbonyl (C=O) groups is 1. The first-order valence-corrected chi connectivity index (χ1v) is 5.30. The maximum atomic E-state index is 10.8. The van der Waals surface area contributed by atoms with Gasteiger partial charge in [0.2, 0.25) is 0 Å². The lowest BCUT2D eigenvalue weighted by Crippen LogP contribution is -1.95.